The van der Waals surface area contributed by atoms with E-state index in [-0.39, 0.29) is 43.2 Å². The van der Waals surface area contributed by atoms with Crippen LogP contribution in [0, 0.1) is 5.92 Å². The van der Waals surface area contributed by atoms with Gasteiger partial charge in [0.1, 0.15) is 0 Å². The lowest BCUT2D eigenvalue weighted by atomic mass is 9.82. The van der Waals surface area contributed by atoms with E-state index in [2.05, 4.69) is 10.6 Å². The molecule has 1 spiro atoms. The fourth-order valence-corrected chi connectivity index (χ4v) is 11.9. The van der Waals surface area contributed by atoms with Crippen molar-refractivity contribution in [3.05, 3.63) is 161 Å². The van der Waals surface area contributed by atoms with E-state index >= 15 is 4.79 Å². The second kappa shape index (κ2) is 16.0. The van der Waals surface area contributed by atoms with Gasteiger partial charge in [0, 0.05) is 46.1 Å². The average Bonchev–Trinajstić information content (AvgIpc) is 3.66. The van der Waals surface area contributed by atoms with E-state index in [1.807, 2.05) is 74.6 Å². The third-order valence-electron chi connectivity index (χ3n) is 12.1. The Hall–Kier alpha value is -5.92. The number of nitrogens with zero attached hydrogens (tertiary/aromatic N) is 2. The van der Waals surface area contributed by atoms with Crippen molar-refractivity contribution < 1.29 is 33.8 Å². The summed E-state index contributed by atoms with van der Waals surface area (Å²) in [5.41, 5.74) is 3.84. The fourth-order valence-electron chi connectivity index (χ4n) is 9.36. The molecule has 302 valence electrons. The summed E-state index contributed by atoms with van der Waals surface area (Å²) in [5.74, 6) is -1.72. The third kappa shape index (κ3) is 7.60. The number of hydrogen-bond donors (Lipinski definition) is 4. The van der Waals surface area contributed by atoms with Crippen molar-refractivity contribution in [1.82, 2.24) is 4.90 Å². The number of aliphatic hydroxyl groups excluding tert-OH is 1. The number of ether oxygens (including phenoxy) is 1. The van der Waals surface area contributed by atoms with Crippen molar-refractivity contribution in [3.8, 4) is 0 Å². The number of hydrogen-bond acceptors (Lipinski definition) is 7. The molecule has 0 saturated carbocycles. The van der Waals surface area contributed by atoms with E-state index < -0.39 is 37.5 Å². The van der Waals surface area contributed by atoms with E-state index in [0.29, 0.717) is 46.7 Å². The Morgan fingerprint density at radius 3 is 2.03 bits per heavy atom. The average molecular weight is 809 g/mol. The van der Waals surface area contributed by atoms with E-state index in [9.17, 15) is 24.3 Å². The zero-order chi connectivity index (χ0) is 41.5. The summed E-state index contributed by atoms with van der Waals surface area (Å²) in [5, 5.41) is 16.3. The van der Waals surface area contributed by atoms with Gasteiger partial charge < -0.3 is 35.1 Å². The Morgan fingerprint density at radius 2 is 1.41 bits per heavy atom. The molecule has 5 aromatic carbocycles. The number of aliphatic hydroxyl groups is 1. The minimum Gasteiger partial charge on any atom is -0.432 e. The van der Waals surface area contributed by atoms with Crippen LogP contribution in [-0.4, -0.2) is 65.5 Å². The SMILES string of the molecule is C[C@H]1[C@H]([Si](C)(C)O)[C@@H](CC(=O)N2Cc3ccccc3C[C@H]2CO)O[C@]12C(=O)N(Cc1cccc(NC(=O)c3ccccc3)c1)c1ccc(NC(=O)c3ccccc3)cc12. The molecule has 3 heterocycles. The predicted molar refractivity (Wildman–Crippen MR) is 228 cm³/mol. The molecule has 4 N–H and O–H groups in total. The summed E-state index contributed by atoms with van der Waals surface area (Å²) in [7, 11) is -3.15. The topological polar surface area (TPSA) is 149 Å². The third-order valence-corrected chi connectivity index (χ3v) is 14.6. The van der Waals surface area contributed by atoms with Crippen LogP contribution in [0.4, 0.5) is 17.1 Å². The summed E-state index contributed by atoms with van der Waals surface area (Å²) in [6.45, 7) is 5.80. The normalized spacial score (nSPS) is 22.2. The van der Waals surface area contributed by atoms with Gasteiger partial charge in [-0.05, 0) is 90.8 Å². The number of fused-ring (bicyclic) bond motifs is 3. The highest BCUT2D eigenvalue weighted by molar-refractivity contribution is 6.71. The summed E-state index contributed by atoms with van der Waals surface area (Å²) in [6.07, 6.45) is -0.400. The second-order valence-electron chi connectivity index (χ2n) is 16.4. The first kappa shape index (κ1) is 39.9. The maximum Gasteiger partial charge on any atom is 0.264 e. The van der Waals surface area contributed by atoms with Crippen molar-refractivity contribution in [2.24, 2.45) is 5.92 Å². The van der Waals surface area contributed by atoms with Crippen LogP contribution in [-0.2, 0) is 39.4 Å². The van der Waals surface area contributed by atoms with E-state index in [4.69, 9.17) is 4.74 Å². The zero-order valence-corrected chi connectivity index (χ0v) is 34.3. The lowest BCUT2D eigenvalue weighted by molar-refractivity contribution is -0.151. The molecule has 5 aromatic rings. The van der Waals surface area contributed by atoms with Crippen LogP contribution in [0.25, 0.3) is 0 Å². The molecule has 12 heteroatoms. The van der Waals surface area contributed by atoms with Gasteiger partial charge in [-0.25, -0.2) is 0 Å². The largest absolute Gasteiger partial charge is 0.432 e. The van der Waals surface area contributed by atoms with E-state index in [1.54, 1.807) is 82.6 Å². The molecule has 1 fully saturated rings. The number of nitrogens with one attached hydrogen (secondary N) is 2. The molecule has 0 unspecified atom stereocenters. The Morgan fingerprint density at radius 1 is 0.797 bits per heavy atom. The summed E-state index contributed by atoms with van der Waals surface area (Å²) in [4.78, 5) is 71.3. The first-order chi connectivity index (χ1) is 28.4. The Balaban J connectivity index is 1.14. The number of rotatable bonds is 10. The predicted octanol–water partition coefficient (Wildman–Crippen LogP) is 6.87. The number of anilines is 3. The summed E-state index contributed by atoms with van der Waals surface area (Å²) >= 11 is 0. The molecule has 0 aliphatic carbocycles. The molecule has 8 rings (SSSR count). The maximum atomic E-state index is 15.3. The van der Waals surface area contributed by atoms with Gasteiger partial charge in [-0.15, -0.1) is 0 Å². The summed E-state index contributed by atoms with van der Waals surface area (Å²) < 4.78 is 7.04. The molecule has 0 radical (unpaired) electrons. The van der Waals surface area contributed by atoms with Gasteiger partial charge in [0.25, 0.3) is 17.7 Å². The van der Waals surface area contributed by atoms with Crippen molar-refractivity contribution in [1.29, 1.82) is 0 Å². The number of carbonyl (C=O) groups excluding carboxylic acids is 4. The number of benzene rings is 5. The van der Waals surface area contributed by atoms with Gasteiger partial charge >= 0.3 is 0 Å². The van der Waals surface area contributed by atoms with Gasteiger partial charge in [-0.3, -0.25) is 19.2 Å². The highest BCUT2D eigenvalue weighted by Crippen LogP contribution is 2.60. The highest BCUT2D eigenvalue weighted by atomic mass is 28.4. The lowest BCUT2D eigenvalue weighted by Gasteiger charge is -2.37. The van der Waals surface area contributed by atoms with Gasteiger partial charge in [0.05, 0.1) is 37.4 Å². The quantitative estimate of drug-likeness (QED) is 0.113. The Bertz CT molecular complexity index is 2400. The van der Waals surface area contributed by atoms with Gasteiger partial charge in [0.15, 0.2) is 13.9 Å². The van der Waals surface area contributed by atoms with E-state index in [1.165, 1.54) is 0 Å². The zero-order valence-electron chi connectivity index (χ0n) is 33.3. The van der Waals surface area contributed by atoms with Crippen LogP contribution in [0.1, 0.15) is 56.3 Å². The molecule has 4 amide bonds. The minimum atomic E-state index is -3.15. The molecule has 1 saturated heterocycles. The Labute approximate surface area is 344 Å². The van der Waals surface area contributed by atoms with Crippen molar-refractivity contribution in [2.45, 2.75) is 69.2 Å². The van der Waals surface area contributed by atoms with Crippen LogP contribution >= 0.6 is 0 Å². The van der Waals surface area contributed by atoms with Crippen LogP contribution < -0.4 is 15.5 Å². The first-order valence-corrected chi connectivity index (χ1v) is 23.1. The second-order valence-corrected chi connectivity index (χ2v) is 20.3. The van der Waals surface area contributed by atoms with Crippen molar-refractivity contribution in [3.63, 3.8) is 0 Å². The molecular weight excluding hydrogens is 761 g/mol. The van der Waals surface area contributed by atoms with Crippen LogP contribution in [0.5, 0.6) is 0 Å². The van der Waals surface area contributed by atoms with Gasteiger partial charge in [-0.1, -0.05) is 79.7 Å². The Kier molecular flexibility index (Phi) is 10.8. The minimum absolute atomic E-state index is 0.0946. The molecule has 0 aromatic heterocycles. The number of carbonyl (C=O) groups is 4. The first-order valence-electron chi connectivity index (χ1n) is 20.0. The lowest BCUT2D eigenvalue weighted by Crippen LogP contribution is -2.48. The van der Waals surface area contributed by atoms with Gasteiger partial charge in [0.2, 0.25) is 5.91 Å². The van der Waals surface area contributed by atoms with Crippen molar-refractivity contribution >= 4 is 49.0 Å². The van der Waals surface area contributed by atoms with E-state index in [0.717, 1.165) is 16.7 Å². The monoisotopic (exact) mass is 808 g/mol. The molecule has 3 aliphatic rings. The molecule has 59 heavy (non-hydrogen) atoms. The smallest absolute Gasteiger partial charge is 0.264 e. The highest BCUT2D eigenvalue weighted by Gasteiger charge is 2.66. The fraction of sp³-hybridized carbons (Fsp3) is 0.277. The molecule has 0 bridgehead atoms. The van der Waals surface area contributed by atoms with Crippen LogP contribution in [0.2, 0.25) is 18.6 Å². The summed E-state index contributed by atoms with van der Waals surface area (Å²) in [6, 6.07) is 37.9. The maximum absolute atomic E-state index is 15.3. The van der Waals surface area contributed by atoms with Gasteiger partial charge in [-0.2, -0.15) is 0 Å². The van der Waals surface area contributed by atoms with Crippen LogP contribution in [0.3, 0.4) is 0 Å². The molecule has 11 nitrogen and oxygen atoms in total. The molecule has 3 aliphatic heterocycles. The molecule has 5 atom stereocenters. The van der Waals surface area contributed by atoms with Crippen molar-refractivity contribution in [2.75, 3.05) is 22.1 Å². The van der Waals surface area contributed by atoms with Crippen LogP contribution in [0.15, 0.2) is 127 Å². The standard InChI is InChI=1S/C47H48N4O7Si/c1-30-43(59(2,3)57)41(26-42(53)50-28-35-19-11-10-18-34(35)24-38(50)29-52)58-47(30)39-25-37(49-45(55)33-16-8-5-9-17-33)21-22-40(39)51(46(47)56)27-31-13-12-20-36(23-31)48-44(54)32-14-6-4-7-15-32/h4-23,25,30,38,41,43,52,57H,24,26-29H2,1-3H3,(H,48,54)(H,49,55)/t30-,38-,41+,43-,47+/m0/s1. The molecular formula is C47H48N4O7Si. The number of amides is 4.